The number of carbonyl (C=O) groups is 1. The van der Waals surface area contributed by atoms with Crippen molar-refractivity contribution < 1.29 is 19.4 Å². The molecule has 1 saturated heterocycles. The SMILES string of the molecule is COC1OC(=O)C2=C3CC(C)(C)CC3C(C)C(O)CC21. The minimum absolute atomic E-state index is 0.112. The molecule has 0 amide bonds. The molecule has 1 N–H and O–H groups in total. The number of fused-ring (bicyclic) bond motifs is 2. The van der Waals surface area contributed by atoms with Crippen molar-refractivity contribution >= 4 is 5.97 Å². The van der Waals surface area contributed by atoms with Crippen LogP contribution in [0.15, 0.2) is 11.1 Å². The number of aliphatic hydroxyl groups excluding tert-OH is 1. The van der Waals surface area contributed by atoms with Crippen molar-refractivity contribution in [2.75, 3.05) is 7.11 Å². The highest BCUT2D eigenvalue weighted by Crippen LogP contribution is 2.54. The molecule has 4 heteroatoms. The summed E-state index contributed by atoms with van der Waals surface area (Å²) in [6, 6.07) is 0. The molecule has 0 aromatic rings. The molecule has 3 rings (SSSR count). The Morgan fingerprint density at radius 3 is 2.70 bits per heavy atom. The number of methoxy groups -OCH3 is 1. The van der Waals surface area contributed by atoms with Gasteiger partial charge in [-0.1, -0.05) is 26.3 Å². The second-order valence-corrected chi connectivity index (χ2v) is 7.37. The normalized spacial score (nSPS) is 43.0. The third-order valence-electron chi connectivity index (χ3n) is 5.35. The lowest BCUT2D eigenvalue weighted by Crippen LogP contribution is -2.28. The van der Waals surface area contributed by atoms with Gasteiger partial charge in [0.2, 0.25) is 6.29 Å². The van der Waals surface area contributed by atoms with Gasteiger partial charge in [-0.15, -0.1) is 0 Å². The number of cyclic esters (lactones) is 1. The lowest BCUT2D eigenvalue weighted by Gasteiger charge is -2.26. The summed E-state index contributed by atoms with van der Waals surface area (Å²) in [6.07, 6.45) is 1.57. The van der Waals surface area contributed by atoms with Crippen molar-refractivity contribution in [3.63, 3.8) is 0 Å². The number of allylic oxidation sites excluding steroid dienone is 1. The zero-order valence-corrected chi connectivity index (χ0v) is 12.7. The van der Waals surface area contributed by atoms with E-state index >= 15 is 0 Å². The zero-order valence-electron chi connectivity index (χ0n) is 12.7. The van der Waals surface area contributed by atoms with Gasteiger partial charge in [-0.05, 0) is 36.5 Å². The summed E-state index contributed by atoms with van der Waals surface area (Å²) in [6.45, 7) is 6.57. The third-order valence-corrected chi connectivity index (χ3v) is 5.35. The highest BCUT2D eigenvalue weighted by molar-refractivity contribution is 5.92. The molecule has 3 aliphatic rings. The Bertz CT molecular complexity index is 465. The van der Waals surface area contributed by atoms with Gasteiger partial charge in [0.05, 0.1) is 12.0 Å². The zero-order chi connectivity index (χ0) is 14.7. The van der Waals surface area contributed by atoms with Crippen LogP contribution in [0, 0.1) is 23.2 Å². The predicted octanol–water partition coefficient (Wildman–Crippen LogP) is 2.27. The molecule has 0 radical (unpaired) electrons. The minimum atomic E-state index is -0.533. The van der Waals surface area contributed by atoms with Crippen molar-refractivity contribution in [2.24, 2.45) is 23.2 Å². The van der Waals surface area contributed by atoms with Gasteiger partial charge in [-0.3, -0.25) is 0 Å². The quantitative estimate of drug-likeness (QED) is 0.749. The first-order chi connectivity index (χ1) is 9.34. The standard InChI is InChI=1S/C16H24O4/c1-8-10-6-16(2,3)7-11(10)13-9(5-12(8)17)15(19-4)20-14(13)18/h8-10,12,15,17H,5-7H2,1-4H3. The fourth-order valence-corrected chi connectivity index (χ4v) is 4.33. The summed E-state index contributed by atoms with van der Waals surface area (Å²) in [5.41, 5.74) is 2.21. The Kier molecular flexibility index (Phi) is 3.22. The number of rotatable bonds is 1. The molecular formula is C16H24O4. The summed E-state index contributed by atoms with van der Waals surface area (Å²) in [4.78, 5) is 12.3. The van der Waals surface area contributed by atoms with E-state index in [1.165, 1.54) is 5.57 Å². The van der Waals surface area contributed by atoms with Gasteiger partial charge < -0.3 is 14.6 Å². The van der Waals surface area contributed by atoms with Crippen LogP contribution < -0.4 is 0 Å². The molecule has 2 aliphatic carbocycles. The van der Waals surface area contributed by atoms with Crippen LogP contribution in [0.25, 0.3) is 0 Å². The topological polar surface area (TPSA) is 55.8 Å². The Labute approximate surface area is 120 Å². The van der Waals surface area contributed by atoms with Crippen molar-refractivity contribution in [2.45, 2.75) is 52.4 Å². The van der Waals surface area contributed by atoms with E-state index in [0.717, 1.165) is 18.4 Å². The molecule has 0 aromatic heterocycles. The van der Waals surface area contributed by atoms with Crippen LogP contribution in [-0.4, -0.2) is 30.6 Å². The third kappa shape index (κ3) is 2.01. The average molecular weight is 280 g/mol. The molecule has 1 heterocycles. The lowest BCUT2D eigenvalue weighted by molar-refractivity contribution is -0.162. The minimum Gasteiger partial charge on any atom is -0.432 e. The van der Waals surface area contributed by atoms with E-state index < -0.39 is 12.4 Å². The molecule has 0 aromatic carbocycles. The number of esters is 1. The van der Waals surface area contributed by atoms with E-state index in [2.05, 4.69) is 20.8 Å². The Morgan fingerprint density at radius 2 is 2.05 bits per heavy atom. The van der Waals surface area contributed by atoms with Gasteiger partial charge in [0, 0.05) is 12.7 Å². The molecule has 20 heavy (non-hydrogen) atoms. The average Bonchev–Trinajstić information content (AvgIpc) is 2.82. The first-order valence-corrected chi connectivity index (χ1v) is 7.49. The smallest absolute Gasteiger partial charge is 0.336 e. The van der Waals surface area contributed by atoms with E-state index in [4.69, 9.17) is 9.47 Å². The fraction of sp³-hybridized carbons (Fsp3) is 0.812. The Hall–Kier alpha value is -0.870. The van der Waals surface area contributed by atoms with Gasteiger partial charge in [0.15, 0.2) is 0 Å². The van der Waals surface area contributed by atoms with Crippen LogP contribution in [0.1, 0.15) is 40.0 Å². The van der Waals surface area contributed by atoms with Gasteiger partial charge in [0.25, 0.3) is 0 Å². The van der Waals surface area contributed by atoms with Crippen LogP contribution in [-0.2, 0) is 14.3 Å². The Morgan fingerprint density at radius 1 is 1.35 bits per heavy atom. The second-order valence-electron chi connectivity index (χ2n) is 7.37. The van der Waals surface area contributed by atoms with E-state index in [-0.39, 0.29) is 23.2 Å². The molecule has 112 valence electrons. The number of hydrogen-bond donors (Lipinski definition) is 1. The maximum absolute atomic E-state index is 12.3. The number of aliphatic hydroxyl groups is 1. The maximum atomic E-state index is 12.3. The largest absolute Gasteiger partial charge is 0.432 e. The van der Waals surface area contributed by atoms with Crippen molar-refractivity contribution in [1.29, 1.82) is 0 Å². The molecule has 1 aliphatic heterocycles. The predicted molar refractivity (Wildman–Crippen MR) is 73.7 cm³/mol. The highest BCUT2D eigenvalue weighted by atomic mass is 16.7. The summed E-state index contributed by atoms with van der Waals surface area (Å²) in [5.74, 6) is 0.137. The molecule has 1 saturated carbocycles. The molecular weight excluding hydrogens is 256 g/mol. The summed E-state index contributed by atoms with van der Waals surface area (Å²) >= 11 is 0. The van der Waals surface area contributed by atoms with E-state index in [1.54, 1.807) is 7.11 Å². The molecule has 4 nitrogen and oxygen atoms in total. The molecule has 2 fully saturated rings. The lowest BCUT2D eigenvalue weighted by atomic mass is 9.83. The first kappa shape index (κ1) is 14.1. The van der Waals surface area contributed by atoms with E-state index in [0.29, 0.717) is 12.3 Å². The highest BCUT2D eigenvalue weighted by Gasteiger charge is 2.51. The van der Waals surface area contributed by atoms with Gasteiger partial charge in [-0.25, -0.2) is 4.79 Å². The maximum Gasteiger partial charge on any atom is 0.336 e. The van der Waals surface area contributed by atoms with Crippen LogP contribution in [0.4, 0.5) is 0 Å². The summed E-state index contributed by atoms with van der Waals surface area (Å²) < 4.78 is 10.6. The number of ether oxygens (including phenoxy) is 2. The van der Waals surface area contributed by atoms with Crippen LogP contribution in [0.2, 0.25) is 0 Å². The van der Waals surface area contributed by atoms with Crippen molar-refractivity contribution in [3.8, 4) is 0 Å². The first-order valence-electron chi connectivity index (χ1n) is 7.49. The second kappa shape index (κ2) is 4.57. The molecule has 5 unspecified atom stereocenters. The Balaban J connectivity index is 2.09. The molecule has 0 bridgehead atoms. The van der Waals surface area contributed by atoms with E-state index in [9.17, 15) is 9.90 Å². The fourth-order valence-electron chi connectivity index (χ4n) is 4.33. The number of hydrogen-bond acceptors (Lipinski definition) is 4. The summed E-state index contributed by atoms with van der Waals surface area (Å²) in [5, 5.41) is 10.5. The van der Waals surface area contributed by atoms with Crippen LogP contribution in [0.3, 0.4) is 0 Å². The molecule has 0 spiro atoms. The van der Waals surface area contributed by atoms with Crippen molar-refractivity contribution in [3.05, 3.63) is 11.1 Å². The molecule has 5 atom stereocenters. The summed E-state index contributed by atoms with van der Waals surface area (Å²) in [7, 11) is 1.56. The van der Waals surface area contributed by atoms with Gasteiger partial charge >= 0.3 is 5.97 Å². The van der Waals surface area contributed by atoms with Crippen LogP contribution in [0.5, 0.6) is 0 Å². The van der Waals surface area contributed by atoms with Gasteiger partial charge in [-0.2, -0.15) is 0 Å². The monoisotopic (exact) mass is 280 g/mol. The number of carbonyl (C=O) groups excluding carboxylic acids is 1. The van der Waals surface area contributed by atoms with Crippen LogP contribution >= 0.6 is 0 Å². The van der Waals surface area contributed by atoms with Crippen molar-refractivity contribution in [1.82, 2.24) is 0 Å². The van der Waals surface area contributed by atoms with Gasteiger partial charge in [0.1, 0.15) is 0 Å². The van der Waals surface area contributed by atoms with E-state index in [1.807, 2.05) is 0 Å².